The van der Waals surface area contributed by atoms with Gasteiger partial charge in [-0.25, -0.2) is 21.8 Å². The Morgan fingerprint density at radius 3 is 2.52 bits per heavy atom. The van der Waals surface area contributed by atoms with Gasteiger partial charge in [0.25, 0.3) is 0 Å². The number of nitrogens with two attached hydrogens (primary N) is 1. The molecule has 1 aromatic carbocycles. The van der Waals surface area contributed by atoms with Crippen LogP contribution < -0.4 is 5.73 Å². The van der Waals surface area contributed by atoms with Crippen LogP contribution in [0.15, 0.2) is 23.4 Å². The molecule has 9 heteroatoms. The van der Waals surface area contributed by atoms with Gasteiger partial charge in [-0.1, -0.05) is 6.92 Å². The van der Waals surface area contributed by atoms with Crippen molar-refractivity contribution in [2.24, 2.45) is 0 Å². The number of aromatic nitrogens is 2. The standard InChI is InChI=1S/C12H17N3O4S2/c1-2-5-20(16,17)6-7-21(18,19)12-14-10-4-3-9(13)8-11(10)15-12/h3-4,8H,2,5-7,13H2,1H3,(H,14,15). The number of benzene rings is 1. The molecule has 3 N–H and O–H groups in total. The first-order valence-corrected chi connectivity index (χ1v) is 9.89. The van der Waals surface area contributed by atoms with Crippen LogP contribution in [0.4, 0.5) is 5.69 Å². The number of hydrogen-bond donors (Lipinski definition) is 2. The number of hydrogen-bond acceptors (Lipinski definition) is 6. The van der Waals surface area contributed by atoms with E-state index in [1.54, 1.807) is 25.1 Å². The molecule has 0 fully saturated rings. The lowest BCUT2D eigenvalue weighted by Crippen LogP contribution is -2.20. The summed E-state index contributed by atoms with van der Waals surface area (Å²) >= 11 is 0. The molecule has 0 unspecified atom stereocenters. The van der Waals surface area contributed by atoms with Gasteiger partial charge in [-0.05, 0) is 24.6 Å². The first-order chi connectivity index (χ1) is 9.73. The van der Waals surface area contributed by atoms with Crippen LogP contribution >= 0.6 is 0 Å². The minimum Gasteiger partial charge on any atom is -0.399 e. The van der Waals surface area contributed by atoms with E-state index in [0.29, 0.717) is 23.1 Å². The fourth-order valence-electron chi connectivity index (χ4n) is 1.90. The summed E-state index contributed by atoms with van der Waals surface area (Å²) in [5.74, 6) is -0.897. The SMILES string of the molecule is CCCS(=O)(=O)CCS(=O)(=O)c1nc2ccc(N)cc2[nH]1. The maximum absolute atomic E-state index is 12.1. The number of nitrogens with one attached hydrogen (secondary N) is 1. The molecule has 0 saturated carbocycles. The van der Waals surface area contributed by atoms with Gasteiger partial charge in [0, 0.05) is 11.4 Å². The van der Waals surface area contributed by atoms with E-state index in [1.165, 1.54) is 0 Å². The van der Waals surface area contributed by atoms with Gasteiger partial charge in [-0.2, -0.15) is 0 Å². The quantitative estimate of drug-likeness (QED) is 0.753. The number of nitrogens with zero attached hydrogens (tertiary/aromatic N) is 1. The van der Waals surface area contributed by atoms with Crippen molar-refractivity contribution in [1.82, 2.24) is 9.97 Å². The molecule has 21 heavy (non-hydrogen) atoms. The molecule has 1 aromatic heterocycles. The van der Waals surface area contributed by atoms with Gasteiger partial charge in [0.1, 0.15) is 0 Å². The molecule has 2 rings (SSSR count). The first kappa shape index (κ1) is 15.8. The molecular formula is C12H17N3O4S2. The monoisotopic (exact) mass is 331 g/mol. The molecule has 0 aliphatic heterocycles. The minimum atomic E-state index is -3.77. The van der Waals surface area contributed by atoms with Gasteiger partial charge in [-0.15, -0.1) is 0 Å². The van der Waals surface area contributed by atoms with Crippen molar-refractivity contribution in [3.63, 3.8) is 0 Å². The Balaban J connectivity index is 2.25. The highest BCUT2D eigenvalue weighted by Crippen LogP contribution is 2.18. The van der Waals surface area contributed by atoms with Gasteiger partial charge < -0.3 is 10.7 Å². The summed E-state index contributed by atoms with van der Waals surface area (Å²) in [5, 5.41) is -0.227. The summed E-state index contributed by atoms with van der Waals surface area (Å²) in [6, 6.07) is 4.80. The van der Waals surface area contributed by atoms with E-state index in [2.05, 4.69) is 9.97 Å². The molecule has 0 spiro atoms. The lowest BCUT2D eigenvalue weighted by Gasteiger charge is -2.02. The molecule has 0 bridgehead atoms. The molecule has 0 amide bonds. The average Bonchev–Trinajstić information content (AvgIpc) is 2.80. The number of aromatic amines is 1. The average molecular weight is 331 g/mol. The summed E-state index contributed by atoms with van der Waals surface area (Å²) < 4.78 is 47.5. The van der Waals surface area contributed by atoms with Gasteiger partial charge in [-0.3, -0.25) is 0 Å². The number of fused-ring (bicyclic) bond motifs is 1. The highest BCUT2D eigenvalue weighted by atomic mass is 32.2. The Morgan fingerprint density at radius 2 is 1.86 bits per heavy atom. The molecule has 0 aliphatic carbocycles. The Bertz CT molecular complexity index is 854. The molecule has 116 valence electrons. The summed E-state index contributed by atoms with van der Waals surface area (Å²) in [4.78, 5) is 6.65. The van der Waals surface area contributed by atoms with Gasteiger partial charge in [0.05, 0.1) is 22.5 Å². The van der Waals surface area contributed by atoms with Crippen molar-refractivity contribution in [2.45, 2.75) is 18.5 Å². The van der Waals surface area contributed by atoms with E-state index in [0.717, 1.165) is 0 Å². The summed E-state index contributed by atoms with van der Waals surface area (Å²) in [6.07, 6.45) is 0.465. The van der Waals surface area contributed by atoms with Crippen LogP contribution in [-0.4, -0.2) is 44.1 Å². The second kappa shape index (κ2) is 5.64. The molecule has 7 nitrogen and oxygen atoms in total. The number of sulfone groups is 2. The van der Waals surface area contributed by atoms with Crippen LogP contribution in [0.25, 0.3) is 11.0 Å². The summed E-state index contributed by atoms with van der Waals surface area (Å²) in [7, 11) is -7.12. The van der Waals surface area contributed by atoms with Gasteiger partial charge >= 0.3 is 0 Å². The second-order valence-electron chi connectivity index (χ2n) is 4.79. The van der Waals surface area contributed by atoms with Gasteiger partial charge in [0.2, 0.25) is 15.0 Å². The predicted molar refractivity (Wildman–Crippen MR) is 81.5 cm³/mol. The number of H-pyrrole nitrogens is 1. The second-order valence-corrected chi connectivity index (χ2v) is 9.12. The van der Waals surface area contributed by atoms with Crippen molar-refractivity contribution in [1.29, 1.82) is 0 Å². The van der Waals surface area contributed by atoms with Gasteiger partial charge in [0.15, 0.2) is 9.84 Å². The summed E-state index contributed by atoms with van der Waals surface area (Å²) in [5.41, 5.74) is 7.08. The molecule has 0 saturated heterocycles. The maximum Gasteiger partial charge on any atom is 0.226 e. The van der Waals surface area contributed by atoms with E-state index in [4.69, 9.17) is 5.73 Å². The highest BCUT2D eigenvalue weighted by molar-refractivity contribution is 7.95. The topological polar surface area (TPSA) is 123 Å². The molecule has 0 aliphatic rings. The van der Waals surface area contributed by atoms with E-state index >= 15 is 0 Å². The summed E-state index contributed by atoms with van der Waals surface area (Å²) in [6.45, 7) is 1.73. The fourth-order valence-corrected chi connectivity index (χ4v) is 5.31. The Labute approximate surface area is 123 Å². The number of rotatable bonds is 6. The predicted octanol–water partition coefficient (Wildman–Crippen LogP) is 0.744. The van der Waals surface area contributed by atoms with Crippen LogP contribution in [-0.2, 0) is 19.7 Å². The van der Waals surface area contributed by atoms with Crippen LogP contribution in [0.5, 0.6) is 0 Å². The molecule has 2 aromatic rings. The largest absolute Gasteiger partial charge is 0.399 e. The fraction of sp³-hybridized carbons (Fsp3) is 0.417. The molecule has 0 atom stereocenters. The first-order valence-electron chi connectivity index (χ1n) is 6.42. The Kier molecular flexibility index (Phi) is 4.24. The number of anilines is 1. The highest BCUT2D eigenvalue weighted by Gasteiger charge is 2.22. The smallest absolute Gasteiger partial charge is 0.226 e. The van der Waals surface area contributed by atoms with Crippen molar-refractivity contribution in [3.05, 3.63) is 18.2 Å². The van der Waals surface area contributed by atoms with Crippen molar-refractivity contribution >= 4 is 36.4 Å². The van der Waals surface area contributed by atoms with Crippen LogP contribution in [0, 0.1) is 0 Å². The lowest BCUT2D eigenvalue weighted by molar-refractivity contribution is 0.583. The zero-order valence-electron chi connectivity index (χ0n) is 11.5. The van der Waals surface area contributed by atoms with E-state index in [-0.39, 0.29) is 10.9 Å². The maximum atomic E-state index is 12.1. The Morgan fingerprint density at radius 1 is 1.14 bits per heavy atom. The third kappa shape index (κ3) is 3.73. The van der Waals surface area contributed by atoms with Crippen molar-refractivity contribution < 1.29 is 16.8 Å². The third-order valence-corrected chi connectivity index (χ3v) is 6.60. The van der Waals surface area contributed by atoms with Crippen LogP contribution in [0.2, 0.25) is 0 Å². The zero-order valence-corrected chi connectivity index (χ0v) is 13.2. The molecule has 1 heterocycles. The molecule has 0 radical (unpaired) electrons. The van der Waals surface area contributed by atoms with Crippen LogP contribution in [0.1, 0.15) is 13.3 Å². The number of nitrogen functional groups attached to an aromatic ring is 1. The van der Waals surface area contributed by atoms with E-state index in [9.17, 15) is 16.8 Å². The minimum absolute atomic E-state index is 0.0147. The third-order valence-electron chi connectivity index (χ3n) is 2.96. The van der Waals surface area contributed by atoms with E-state index < -0.39 is 31.2 Å². The normalized spacial score (nSPS) is 12.8. The van der Waals surface area contributed by atoms with Crippen LogP contribution in [0.3, 0.4) is 0 Å². The zero-order chi connectivity index (χ0) is 15.7. The number of imidazole rings is 1. The molecular weight excluding hydrogens is 314 g/mol. The van der Waals surface area contributed by atoms with E-state index in [1.807, 2.05) is 0 Å². The van der Waals surface area contributed by atoms with Crippen molar-refractivity contribution in [2.75, 3.05) is 23.0 Å². The lowest BCUT2D eigenvalue weighted by atomic mass is 10.3. The Hall–Kier alpha value is -1.61. The van der Waals surface area contributed by atoms with Crippen molar-refractivity contribution in [3.8, 4) is 0 Å².